The molecule has 1 saturated heterocycles. The number of carbonyl (C=O) groups is 2. The second-order valence-electron chi connectivity index (χ2n) is 6.37. The molecule has 2 amide bonds. The van der Waals surface area contributed by atoms with Crippen LogP contribution in [0.3, 0.4) is 0 Å². The predicted molar refractivity (Wildman–Crippen MR) is 94.6 cm³/mol. The maximum absolute atomic E-state index is 13.1. The van der Waals surface area contributed by atoms with E-state index in [0.29, 0.717) is 25.4 Å². The number of benzene rings is 1. The molecule has 8 heteroatoms. The number of amides is 2. The van der Waals surface area contributed by atoms with Crippen molar-refractivity contribution in [3.63, 3.8) is 0 Å². The van der Waals surface area contributed by atoms with Crippen LogP contribution in [0.25, 0.3) is 0 Å². The van der Waals surface area contributed by atoms with E-state index in [1.807, 2.05) is 6.92 Å². The minimum Gasteiger partial charge on any atom is -0.484 e. The van der Waals surface area contributed by atoms with Crippen LogP contribution in [0.15, 0.2) is 34.9 Å². The van der Waals surface area contributed by atoms with E-state index in [1.54, 1.807) is 21.9 Å². The van der Waals surface area contributed by atoms with Gasteiger partial charge in [-0.05, 0) is 25.5 Å². The van der Waals surface area contributed by atoms with E-state index in [1.165, 1.54) is 25.3 Å². The number of hydrogen-bond donors (Lipinski definition) is 0. The van der Waals surface area contributed by atoms with Gasteiger partial charge in [0, 0.05) is 32.6 Å². The summed E-state index contributed by atoms with van der Waals surface area (Å²) in [5, 5.41) is 0. The minimum absolute atomic E-state index is 0.00664. The Labute approximate surface area is 156 Å². The maximum atomic E-state index is 13.1. The van der Waals surface area contributed by atoms with Crippen molar-refractivity contribution in [2.45, 2.75) is 32.9 Å². The summed E-state index contributed by atoms with van der Waals surface area (Å²) in [4.78, 5) is 31.9. The number of aromatic nitrogens is 1. The molecule has 0 N–H and O–H groups in total. The molecule has 1 fully saturated rings. The van der Waals surface area contributed by atoms with Crippen LogP contribution in [0.2, 0.25) is 0 Å². The van der Waals surface area contributed by atoms with Crippen LogP contribution in [-0.2, 0) is 11.4 Å². The van der Waals surface area contributed by atoms with Crippen LogP contribution in [0.1, 0.15) is 36.6 Å². The Balaban J connectivity index is 1.58. The van der Waals surface area contributed by atoms with Crippen molar-refractivity contribution in [1.29, 1.82) is 0 Å². The van der Waals surface area contributed by atoms with Gasteiger partial charge in [0.15, 0.2) is 12.3 Å². The zero-order chi connectivity index (χ0) is 19.4. The molecule has 1 aliphatic rings. The molecule has 0 spiro atoms. The van der Waals surface area contributed by atoms with E-state index in [0.717, 1.165) is 6.42 Å². The lowest BCUT2D eigenvalue weighted by molar-refractivity contribution is -0.130. The van der Waals surface area contributed by atoms with Gasteiger partial charge in [-0.3, -0.25) is 9.59 Å². The Hall–Kier alpha value is -2.90. The van der Waals surface area contributed by atoms with E-state index >= 15 is 0 Å². The molecule has 0 bridgehead atoms. The summed E-state index contributed by atoms with van der Waals surface area (Å²) >= 11 is 0. The number of nitrogens with zero attached hydrogens (tertiary/aromatic N) is 3. The molecular formula is C19H22FN3O4. The molecule has 3 rings (SSSR count). The SMILES string of the molecule is CCN(C(C)=O)C1CCN(C(=O)c2coc(COc3cccc(F)c3)n2)C1. The standard InChI is InChI=1S/C19H22FN3O4/c1-3-23(13(2)24)15-7-8-22(10-15)19(25)17-11-27-18(21-17)12-26-16-6-4-5-14(20)9-16/h4-6,9,11,15H,3,7-8,10,12H2,1-2H3. The Bertz CT molecular complexity index is 823. The first-order valence-corrected chi connectivity index (χ1v) is 8.87. The molecule has 27 heavy (non-hydrogen) atoms. The van der Waals surface area contributed by atoms with Crippen molar-refractivity contribution < 1.29 is 23.1 Å². The number of likely N-dealkylation sites (N-methyl/N-ethyl adjacent to an activating group) is 1. The molecule has 7 nitrogen and oxygen atoms in total. The quantitative estimate of drug-likeness (QED) is 0.775. The highest BCUT2D eigenvalue weighted by molar-refractivity contribution is 5.92. The monoisotopic (exact) mass is 375 g/mol. The van der Waals surface area contributed by atoms with Gasteiger partial charge in [-0.1, -0.05) is 6.07 Å². The fourth-order valence-corrected chi connectivity index (χ4v) is 3.26. The molecule has 0 radical (unpaired) electrons. The molecule has 1 unspecified atom stereocenters. The molecule has 2 aromatic rings. The fourth-order valence-electron chi connectivity index (χ4n) is 3.26. The van der Waals surface area contributed by atoms with Crippen LogP contribution in [0.4, 0.5) is 4.39 Å². The molecule has 0 aliphatic carbocycles. The van der Waals surface area contributed by atoms with E-state index in [-0.39, 0.29) is 36.0 Å². The topological polar surface area (TPSA) is 75.9 Å². The van der Waals surface area contributed by atoms with Gasteiger partial charge in [-0.25, -0.2) is 9.37 Å². The van der Waals surface area contributed by atoms with Crippen molar-refractivity contribution in [3.05, 3.63) is 47.9 Å². The number of likely N-dealkylation sites (tertiary alicyclic amines) is 1. The van der Waals surface area contributed by atoms with Gasteiger partial charge in [-0.2, -0.15) is 0 Å². The van der Waals surface area contributed by atoms with Crippen molar-refractivity contribution in [2.24, 2.45) is 0 Å². The summed E-state index contributed by atoms with van der Waals surface area (Å²) < 4.78 is 23.9. The van der Waals surface area contributed by atoms with Gasteiger partial charge in [0.2, 0.25) is 11.8 Å². The second kappa shape index (κ2) is 8.20. The van der Waals surface area contributed by atoms with Crippen LogP contribution < -0.4 is 4.74 Å². The third-order valence-electron chi connectivity index (χ3n) is 4.57. The van der Waals surface area contributed by atoms with Crippen LogP contribution in [-0.4, -0.2) is 52.3 Å². The third kappa shape index (κ3) is 4.45. The first-order valence-electron chi connectivity index (χ1n) is 8.87. The largest absolute Gasteiger partial charge is 0.484 e. The van der Waals surface area contributed by atoms with Crippen LogP contribution >= 0.6 is 0 Å². The lowest BCUT2D eigenvalue weighted by Crippen LogP contribution is -2.41. The van der Waals surface area contributed by atoms with E-state index in [9.17, 15) is 14.0 Å². The lowest BCUT2D eigenvalue weighted by Gasteiger charge is -2.26. The number of ether oxygens (including phenoxy) is 1. The summed E-state index contributed by atoms with van der Waals surface area (Å²) in [6.07, 6.45) is 2.04. The summed E-state index contributed by atoms with van der Waals surface area (Å²) in [5.41, 5.74) is 0.194. The first-order chi connectivity index (χ1) is 13.0. The van der Waals surface area contributed by atoms with E-state index < -0.39 is 5.82 Å². The summed E-state index contributed by atoms with van der Waals surface area (Å²) in [7, 11) is 0. The van der Waals surface area contributed by atoms with Crippen molar-refractivity contribution in [3.8, 4) is 5.75 Å². The van der Waals surface area contributed by atoms with Crippen molar-refractivity contribution in [1.82, 2.24) is 14.8 Å². The predicted octanol–water partition coefficient (Wildman–Crippen LogP) is 2.48. The lowest BCUT2D eigenvalue weighted by atomic mass is 10.2. The van der Waals surface area contributed by atoms with E-state index in [4.69, 9.17) is 9.15 Å². The molecule has 1 aliphatic heterocycles. The molecule has 0 saturated carbocycles. The Kier molecular flexibility index (Phi) is 5.73. The Morgan fingerprint density at radius 1 is 1.44 bits per heavy atom. The van der Waals surface area contributed by atoms with Crippen LogP contribution in [0, 0.1) is 5.82 Å². The average molecular weight is 375 g/mol. The number of hydrogen-bond acceptors (Lipinski definition) is 5. The normalized spacial score (nSPS) is 16.4. The zero-order valence-electron chi connectivity index (χ0n) is 15.4. The Morgan fingerprint density at radius 3 is 2.96 bits per heavy atom. The highest BCUT2D eigenvalue weighted by atomic mass is 19.1. The highest BCUT2D eigenvalue weighted by Crippen LogP contribution is 2.19. The maximum Gasteiger partial charge on any atom is 0.275 e. The molecule has 2 heterocycles. The van der Waals surface area contributed by atoms with Gasteiger partial charge < -0.3 is 19.0 Å². The summed E-state index contributed by atoms with van der Waals surface area (Å²) in [6, 6.07) is 5.77. The molecule has 1 atom stereocenters. The zero-order valence-corrected chi connectivity index (χ0v) is 15.4. The van der Waals surface area contributed by atoms with Crippen molar-refractivity contribution >= 4 is 11.8 Å². The number of halogens is 1. The van der Waals surface area contributed by atoms with Gasteiger partial charge in [-0.15, -0.1) is 0 Å². The number of oxazole rings is 1. The molecular weight excluding hydrogens is 353 g/mol. The minimum atomic E-state index is -0.397. The smallest absolute Gasteiger partial charge is 0.275 e. The van der Waals surface area contributed by atoms with Gasteiger partial charge >= 0.3 is 0 Å². The van der Waals surface area contributed by atoms with Gasteiger partial charge in [0.25, 0.3) is 5.91 Å². The van der Waals surface area contributed by atoms with Gasteiger partial charge in [0.1, 0.15) is 17.8 Å². The van der Waals surface area contributed by atoms with Crippen LogP contribution in [0.5, 0.6) is 5.75 Å². The molecule has 1 aromatic carbocycles. The second-order valence-corrected chi connectivity index (χ2v) is 6.37. The van der Waals surface area contributed by atoms with Gasteiger partial charge in [0.05, 0.1) is 6.04 Å². The fraction of sp³-hybridized carbons (Fsp3) is 0.421. The molecule has 144 valence electrons. The number of rotatable bonds is 6. The summed E-state index contributed by atoms with van der Waals surface area (Å²) in [6.45, 7) is 5.12. The number of carbonyl (C=O) groups excluding carboxylic acids is 2. The molecule has 1 aromatic heterocycles. The first kappa shape index (κ1) is 18.9. The highest BCUT2D eigenvalue weighted by Gasteiger charge is 2.32. The Morgan fingerprint density at radius 2 is 2.26 bits per heavy atom. The third-order valence-corrected chi connectivity index (χ3v) is 4.57. The van der Waals surface area contributed by atoms with Crippen molar-refractivity contribution in [2.75, 3.05) is 19.6 Å². The average Bonchev–Trinajstić information content (AvgIpc) is 3.30. The summed E-state index contributed by atoms with van der Waals surface area (Å²) in [5.74, 6) is -0.0384. The van der Waals surface area contributed by atoms with E-state index in [2.05, 4.69) is 4.98 Å².